The van der Waals surface area contributed by atoms with Crippen molar-refractivity contribution < 1.29 is 14.3 Å². The summed E-state index contributed by atoms with van der Waals surface area (Å²) in [6, 6.07) is 7.58. The minimum absolute atomic E-state index is 0.00207. The van der Waals surface area contributed by atoms with Gasteiger partial charge in [-0.1, -0.05) is 25.5 Å². The third kappa shape index (κ3) is 6.45. The van der Waals surface area contributed by atoms with E-state index in [4.69, 9.17) is 4.74 Å². The Morgan fingerprint density at radius 3 is 2.44 bits per heavy atom. The van der Waals surface area contributed by atoms with Crippen molar-refractivity contribution in [3.63, 3.8) is 0 Å². The summed E-state index contributed by atoms with van der Waals surface area (Å²) in [5, 5.41) is 3.12. The van der Waals surface area contributed by atoms with Crippen LogP contribution in [-0.4, -0.2) is 86.5 Å². The molecule has 2 atom stereocenters. The van der Waals surface area contributed by atoms with E-state index >= 15 is 0 Å². The first-order chi connectivity index (χ1) is 15.5. The van der Waals surface area contributed by atoms with Crippen molar-refractivity contribution in [1.82, 2.24) is 20.0 Å². The van der Waals surface area contributed by atoms with Crippen LogP contribution in [0.1, 0.15) is 50.6 Å². The first kappa shape index (κ1) is 24.5. The molecule has 2 aliphatic rings. The lowest BCUT2D eigenvalue weighted by Gasteiger charge is -2.32. The lowest BCUT2D eigenvalue weighted by Crippen LogP contribution is -2.44. The van der Waals surface area contributed by atoms with Gasteiger partial charge in [0.05, 0.1) is 19.1 Å². The zero-order valence-electron chi connectivity index (χ0n) is 20.0. The van der Waals surface area contributed by atoms with Crippen LogP contribution in [0.15, 0.2) is 24.3 Å². The zero-order chi connectivity index (χ0) is 22.9. The molecule has 0 radical (unpaired) electrons. The molecule has 0 bridgehead atoms. The van der Waals surface area contributed by atoms with Gasteiger partial charge >= 0.3 is 0 Å². The molecule has 2 aliphatic heterocycles. The molecule has 0 saturated carbocycles. The number of amides is 2. The molecule has 178 valence electrons. The molecule has 2 saturated heterocycles. The highest BCUT2D eigenvalue weighted by Crippen LogP contribution is 2.39. The summed E-state index contributed by atoms with van der Waals surface area (Å²) >= 11 is 0. The first-order valence-electron chi connectivity index (χ1n) is 12.2. The minimum Gasteiger partial charge on any atom is -0.497 e. The molecule has 2 unspecified atom stereocenters. The third-order valence-electron chi connectivity index (χ3n) is 6.77. The first-order valence-corrected chi connectivity index (χ1v) is 12.2. The smallest absolute Gasteiger partial charge is 0.226 e. The molecule has 1 aromatic carbocycles. The van der Waals surface area contributed by atoms with Crippen LogP contribution in [0.2, 0.25) is 0 Å². The normalized spacial score (nSPS) is 22.3. The number of carbonyl (C=O) groups excluding carboxylic acids is 2. The molecule has 2 fully saturated rings. The van der Waals surface area contributed by atoms with Crippen molar-refractivity contribution in [3.8, 4) is 5.75 Å². The van der Waals surface area contributed by atoms with Crippen molar-refractivity contribution in [2.75, 3.05) is 60.0 Å². The molecule has 2 heterocycles. The van der Waals surface area contributed by atoms with Crippen LogP contribution < -0.4 is 10.1 Å². The highest BCUT2D eigenvalue weighted by atomic mass is 16.5. The Morgan fingerprint density at radius 1 is 1.06 bits per heavy atom. The lowest BCUT2D eigenvalue weighted by atomic mass is 9.92. The lowest BCUT2D eigenvalue weighted by molar-refractivity contribution is -0.129. The van der Waals surface area contributed by atoms with Gasteiger partial charge in [-0.3, -0.25) is 9.59 Å². The van der Waals surface area contributed by atoms with Gasteiger partial charge in [-0.15, -0.1) is 0 Å². The minimum atomic E-state index is -0.342. The predicted octanol–water partition coefficient (Wildman–Crippen LogP) is 2.53. The van der Waals surface area contributed by atoms with Crippen molar-refractivity contribution in [2.24, 2.45) is 5.92 Å². The van der Waals surface area contributed by atoms with Crippen molar-refractivity contribution in [2.45, 2.75) is 45.1 Å². The predicted molar refractivity (Wildman–Crippen MR) is 127 cm³/mol. The molecule has 7 heteroatoms. The molecule has 2 amide bonds. The van der Waals surface area contributed by atoms with Gasteiger partial charge in [0.15, 0.2) is 0 Å². The third-order valence-corrected chi connectivity index (χ3v) is 6.77. The molecule has 0 aliphatic carbocycles. The summed E-state index contributed by atoms with van der Waals surface area (Å²) in [7, 11) is 3.81. The maximum absolute atomic E-state index is 13.1. The van der Waals surface area contributed by atoms with E-state index in [2.05, 4.69) is 29.1 Å². The van der Waals surface area contributed by atoms with E-state index in [1.165, 1.54) is 0 Å². The second-order valence-corrected chi connectivity index (χ2v) is 9.11. The number of unbranched alkanes of at least 4 members (excludes halogenated alkanes) is 2. The number of hydrogen-bond acceptors (Lipinski definition) is 5. The maximum atomic E-state index is 13.1. The largest absolute Gasteiger partial charge is 0.497 e. The molecule has 1 aromatic rings. The average molecular weight is 445 g/mol. The van der Waals surface area contributed by atoms with Crippen LogP contribution in [0.25, 0.3) is 0 Å². The van der Waals surface area contributed by atoms with Crippen molar-refractivity contribution in [3.05, 3.63) is 29.8 Å². The van der Waals surface area contributed by atoms with Gasteiger partial charge in [0, 0.05) is 45.7 Å². The molecule has 3 rings (SSSR count). The second-order valence-electron chi connectivity index (χ2n) is 9.11. The quantitative estimate of drug-likeness (QED) is 0.532. The van der Waals surface area contributed by atoms with E-state index in [9.17, 15) is 9.59 Å². The Labute approximate surface area is 193 Å². The van der Waals surface area contributed by atoms with Gasteiger partial charge in [0.2, 0.25) is 11.8 Å². The Morgan fingerprint density at radius 2 is 1.78 bits per heavy atom. The summed E-state index contributed by atoms with van der Waals surface area (Å²) in [6.07, 6.45) is 4.29. The average Bonchev–Trinajstić information content (AvgIpc) is 3.14. The van der Waals surface area contributed by atoms with Gasteiger partial charge in [-0.05, 0) is 50.6 Å². The van der Waals surface area contributed by atoms with E-state index in [1.54, 1.807) is 7.11 Å². The SMILES string of the molecule is CCCCN1C(=O)CC(C(=O)NCCCCN2CCN(C)CC2)C1c1ccc(OC)cc1. The number of likely N-dealkylation sites (N-methyl/N-ethyl adjacent to an activating group) is 1. The highest BCUT2D eigenvalue weighted by molar-refractivity contribution is 5.90. The summed E-state index contributed by atoms with van der Waals surface area (Å²) in [5.74, 6) is 0.511. The number of piperazine rings is 1. The Hall–Kier alpha value is -2.12. The summed E-state index contributed by atoms with van der Waals surface area (Å²) in [4.78, 5) is 32.6. The van der Waals surface area contributed by atoms with E-state index in [-0.39, 0.29) is 30.2 Å². The standard InChI is InChI=1S/C25H40N4O3/c1-4-5-14-29-23(30)19-22(24(29)20-8-10-21(32-3)11-9-20)25(31)26-12-6-7-13-28-17-15-27(2)16-18-28/h8-11,22,24H,4-7,12-19H2,1-3H3,(H,26,31). The zero-order valence-corrected chi connectivity index (χ0v) is 20.0. The van der Waals surface area contributed by atoms with Crippen LogP contribution in [0.5, 0.6) is 5.75 Å². The molecule has 32 heavy (non-hydrogen) atoms. The van der Waals surface area contributed by atoms with Crippen LogP contribution >= 0.6 is 0 Å². The fraction of sp³-hybridized carbons (Fsp3) is 0.680. The topological polar surface area (TPSA) is 65.1 Å². The number of ether oxygens (including phenoxy) is 1. The fourth-order valence-electron chi connectivity index (χ4n) is 4.71. The van der Waals surface area contributed by atoms with E-state index in [0.717, 1.165) is 69.7 Å². The van der Waals surface area contributed by atoms with Crippen LogP contribution in [0.3, 0.4) is 0 Å². The molecular weight excluding hydrogens is 404 g/mol. The molecule has 1 N–H and O–H groups in total. The number of hydrogen-bond donors (Lipinski definition) is 1. The van der Waals surface area contributed by atoms with Crippen LogP contribution in [-0.2, 0) is 9.59 Å². The van der Waals surface area contributed by atoms with Crippen LogP contribution in [0.4, 0.5) is 0 Å². The number of nitrogens with one attached hydrogen (secondary N) is 1. The van der Waals surface area contributed by atoms with E-state index < -0.39 is 0 Å². The molecule has 0 aromatic heterocycles. The number of benzene rings is 1. The molecule has 7 nitrogen and oxygen atoms in total. The van der Waals surface area contributed by atoms with Gasteiger partial charge in [-0.25, -0.2) is 0 Å². The van der Waals surface area contributed by atoms with Crippen molar-refractivity contribution in [1.29, 1.82) is 0 Å². The number of likely N-dealkylation sites (tertiary alicyclic amines) is 1. The number of carbonyl (C=O) groups is 2. The number of methoxy groups -OCH3 is 1. The van der Waals surface area contributed by atoms with E-state index in [1.807, 2.05) is 29.2 Å². The summed E-state index contributed by atoms with van der Waals surface area (Å²) in [5.41, 5.74) is 1.00. The number of rotatable bonds is 11. The van der Waals surface area contributed by atoms with Gasteiger partial charge in [0.25, 0.3) is 0 Å². The fourth-order valence-corrected chi connectivity index (χ4v) is 4.71. The molecular formula is C25H40N4O3. The molecule has 0 spiro atoms. The Kier molecular flexibility index (Phi) is 9.36. The van der Waals surface area contributed by atoms with E-state index in [0.29, 0.717) is 13.1 Å². The Balaban J connectivity index is 1.54. The second kappa shape index (κ2) is 12.2. The van der Waals surface area contributed by atoms with Gasteiger partial charge in [0.1, 0.15) is 5.75 Å². The maximum Gasteiger partial charge on any atom is 0.226 e. The van der Waals surface area contributed by atoms with Gasteiger partial charge in [-0.2, -0.15) is 0 Å². The summed E-state index contributed by atoms with van der Waals surface area (Å²) in [6.45, 7) is 9.10. The summed E-state index contributed by atoms with van der Waals surface area (Å²) < 4.78 is 5.28. The number of nitrogens with zero attached hydrogens (tertiary/aromatic N) is 3. The van der Waals surface area contributed by atoms with Crippen LogP contribution in [0, 0.1) is 5.92 Å². The highest BCUT2D eigenvalue weighted by Gasteiger charge is 2.44. The monoisotopic (exact) mass is 444 g/mol. The van der Waals surface area contributed by atoms with Crippen molar-refractivity contribution >= 4 is 11.8 Å². The Bertz CT molecular complexity index is 731. The van der Waals surface area contributed by atoms with Gasteiger partial charge < -0.3 is 24.8 Å².